The van der Waals surface area contributed by atoms with Crippen LogP contribution in [0.4, 0.5) is 5.82 Å². The van der Waals surface area contributed by atoms with E-state index >= 15 is 0 Å². The Balaban J connectivity index is 1.69. The fourth-order valence-corrected chi connectivity index (χ4v) is 2.79. The van der Waals surface area contributed by atoms with Gasteiger partial charge < -0.3 is 5.32 Å². The van der Waals surface area contributed by atoms with Crippen molar-refractivity contribution in [2.45, 2.75) is 17.3 Å². The first-order valence-corrected chi connectivity index (χ1v) is 8.32. The fraction of sp³-hybridized carbons (Fsp3) is 0.133. The van der Waals surface area contributed by atoms with E-state index in [1.54, 1.807) is 23.7 Å². The molecule has 0 fully saturated rings. The summed E-state index contributed by atoms with van der Waals surface area (Å²) in [5.74, 6) is 0.247. The number of hydrogen-bond donors (Lipinski definition) is 1. The maximum atomic E-state index is 12.3. The van der Waals surface area contributed by atoms with Crippen LogP contribution in [0.15, 0.2) is 53.8 Å². The molecule has 0 aliphatic heterocycles. The lowest BCUT2D eigenvalue weighted by molar-refractivity contribution is -0.115. The summed E-state index contributed by atoms with van der Waals surface area (Å²) in [5.41, 5.74) is 0.831. The number of thioether (sulfide) groups is 1. The van der Waals surface area contributed by atoms with Crippen LogP contribution in [0, 0.1) is 0 Å². The molecule has 0 saturated heterocycles. The minimum absolute atomic E-state index is 0.197. The molecular weight excluding hydrogens is 348 g/mol. The van der Waals surface area contributed by atoms with Crippen molar-refractivity contribution in [1.82, 2.24) is 25.2 Å². The van der Waals surface area contributed by atoms with Crippen LogP contribution in [0.25, 0.3) is 5.69 Å². The van der Waals surface area contributed by atoms with Crippen molar-refractivity contribution in [2.75, 3.05) is 5.32 Å². The standard InChI is InChI=1S/C15H13ClN6OS/c1-10(14(23)18-13-8-7-11(16)9-17-13)24-15-19-20-21-22(15)12-5-3-2-4-6-12/h2-10H,1H3,(H,17,18,23)/t10-/m1/s1. The smallest absolute Gasteiger partial charge is 0.238 e. The van der Waals surface area contributed by atoms with Crippen LogP contribution < -0.4 is 5.32 Å². The number of carbonyl (C=O) groups is 1. The number of carbonyl (C=O) groups excluding carboxylic acids is 1. The van der Waals surface area contributed by atoms with Crippen LogP contribution in [0.1, 0.15) is 6.92 Å². The Morgan fingerprint density at radius 3 is 2.75 bits per heavy atom. The number of nitrogens with one attached hydrogen (secondary N) is 1. The molecule has 9 heteroatoms. The van der Waals surface area contributed by atoms with Gasteiger partial charge in [-0.1, -0.05) is 41.6 Å². The number of halogens is 1. The van der Waals surface area contributed by atoms with Gasteiger partial charge in [-0.15, -0.1) is 5.10 Å². The van der Waals surface area contributed by atoms with Gasteiger partial charge in [0.15, 0.2) is 0 Å². The van der Waals surface area contributed by atoms with Crippen LogP contribution in [-0.2, 0) is 4.79 Å². The number of para-hydroxylation sites is 1. The molecule has 0 bridgehead atoms. The van der Waals surface area contributed by atoms with Gasteiger partial charge in [0, 0.05) is 6.20 Å². The highest BCUT2D eigenvalue weighted by Gasteiger charge is 2.19. The molecule has 2 aromatic heterocycles. The van der Waals surface area contributed by atoms with Gasteiger partial charge in [0.2, 0.25) is 11.1 Å². The minimum Gasteiger partial charge on any atom is -0.310 e. The van der Waals surface area contributed by atoms with Crippen LogP contribution in [0.5, 0.6) is 0 Å². The number of aromatic nitrogens is 5. The minimum atomic E-state index is -0.407. The van der Waals surface area contributed by atoms with Gasteiger partial charge in [0.1, 0.15) is 5.82 Å². The van der Waals surface area contributed by atoms with E-state index in [0.717, 1.165) is 5.69 Å². The third kappa shape index (κ3) is 3.90. The second-order valence-corrected chi connectivity index (χ2v) is 6.56. The molecule has 2 heterocycles. The number of benzene rings is 1. The molecule has 0 unspecified atom stereocenters. The number of tetrazole rings is 1. The summed E-state index contributed by atoms with van der Waals surface area (Å²) in [6.07, 6.45) is 1.48. The first-order chi connectivity index (χ1) is 11.6. The lowest BCUT2D eigenvalue weighted by atomic mass is 10.3. The number of hydrogen-bond acceptors (Lipinski definition) is 6. The first-order valence-electron chi connectivity index (χ1n) is 7.06. The number of nitrogens with zero attached hydrogens (tertiary/aromatic N) is 5. The normalized spacial score (nSPS) is 11.9. The van der Waals surface area contributed by atoms with Crippen LogP contribution >= 0.6 is 23.4 Å². The summed E-state index contributed by atoms with van der Waals surface area (Å²) < 4.78 is 1.59. The second kappa shape index (κ2) is 7.41. The summed E-state index contributed by atoms with van der Waals surface area (Å²) in [4.78, 5) is 16.3. The molecule has 0 aliphatic rings. The Bertz CT molecular complexity index is 823. The predicted octanol–water partition coefficient (Wildman–Crippen LogP) is 2.83. The molecule has 7 nitrogen and oxygen atoms in total. The number of pyridine rings is 1. The van der Waals surface area contributed by atoms with Gasteiger partial charge in [-0.05, 0) is 41.6 Å². The molecule has 24 heavy (non-hydrogen) atoms. The van der Waals surface area contributed by atoms with Crippen molar-refractivity contribution in [3.05, 3.63) is 53.7 Å². The quantitative estimate of drug-likeness (QED) is 0.704. The van der Waals surface area contributed by atoms with Crippen LogP contribution in [-0.4, -0.2) is 36.3 Å². The van der Waals surface area contributed by atoms with Crippen LogP contribution in [0.3, 0.4) is 0 Å². The van der Waals surface area contributed by atoms with Gasteiger partial charge >= 0.3 is 0 Å². The largest absolute Gasteiger partial charge is 0.310 e. The molecule has 3 rings (SSSR count). The zero-order valence-electron chi connectivity index (χ0n) is 12.6. The van der Waals surface area contributed by atoms with Gasteiger partial charge in [0.05, 0.1) is 16.0 Å². The molecule has 1 amide bonds. The van der Waals surface area contributed by atoms with Gasteiger partial charge in [-0.25, -0.2) is 4.98 Å². The fourth-order valence-electron chi connectivity index (χ4n) is 1.87. The summed E-state index contributed by atoms with van der Waals surface area (Å²) in [7, 11) is 0. The topological polar surface area (TPSA) is 85.6 Å². The van der Waals surface area contributed by atoms with Gasteiger partial charge in [-0.2, -0.15) is 4.68 Å². The molecule has 1 N–H and O–H groups in total. The van der Waals surface area contributed by atoms with Crippen molar-refractivity contribution in [3.63, 3.8) is 0 Å². The Hall–Kier alpha value is -2.45. The lowest BCUT2D eigenvalue weighted by Gasteiger charge is -2.11. The van der Waals surface area contributed by atoms with E-state index in [2.05, 4.69) is 25.8 Å². The zero-order valence-corrected chi connectivity index (χ0v) is 14.2. The van der Waals surface area contributed by atoms with E-state index in [1.165, 1.54) is 18.0 Å². The molecule has 0 radical (unpaired) electrons. The summed E-state index contributed by atoms with van der Waals surface area (Å²) in [6, 6.07) is 12.8. The van der Waals surface area contributed by atoms with Crippen molar-refractivity contribution in [3.8, 4) is 5.69 Å². The number of rotatable bonds is 5. The molecule has 3 aromatic rings. The predicted molar refractivity (Wildman–Crippen MR) is 92.3 cm³/mol. The maximum absolute atomic E-state index is 12.3. The van der Waals surface area contributed by atoms with Gasteiger partial charge in [0.25, 0.3) is 0 Å². The Labute approximate surface area is 147 Å². The average molecular weight is 361 g/mol. The van der Waals surface area contributed by atoms with Crippen molar-refractivity contribution < 1.29 is 4.79 Å². The van der Waals surface area contributed by atoms with E-state index in [1.807, 2.05) is 30.3 Å². The SMILES string of the molecule is C[C@@H](Sc1nnnn1-c1ccccc1)C(=O)Nc1ccc(Cl)cn1. The van der Waals surface area contributed by atoms with E-state index in [-0.39, 0.29) is 5.91 Å². The van der Waals surface area contributed by atoms with Crippen molar-refractivity contribution >= 4 is 35.1 Å². The summed E-state index contributed by atoms with van der Waals surface area (Å²) in [6.45, 7) is 1.78. The Morgan fingerprint density at radius 2 is 2.04 bits per heavy atom. The van der Waals surface area contributed by atoms with Gasteiger partial charge in [-0.3, -0.25) is 4.79 Å². The molecule has 122 valence electrons. The van der Waals surface area contributed by atoms with Crippen molar-refractivity contribution in [2.24, 2.45) is 0 Å². The number of anilines is 1. The second-order valence-electron chi connectivity index (χ2n) is 4.82. The maximum Gasteiger partial charge on any atom is 0.238 e. The molecule has 0 saturated carbocycles. The Kier molecular flexibility index (Phi) is 5.07. The molecule has 0 aliphatic carbocycles. The highest BCUT2D eigenvalue weighted by molar-refractivity contribution is 8.00. The van der Waals surface area contributed by atoms with E-state index in [0.29, 0.717) is 16.0 Å². The first kappa shape index (κ1) is 16.4. The van der Waals surface area contributed by atoms with E-state index in [9.17, 15) is 4.79 Å². The van der Waals surface area contributed by atoms with E-state index < -0.39 is 5.25 Å². The summed E-state index contributed by atoms with van der Waals surface area (Å²) in [5, 5.41) is 15.0. The monoisotopic (exact) mass is 360 g/mol. The zero-order chi connectivity index (χ0) is 16.9. The third-order valence-electron chi connectivity index (χ3n) is 3.07. The average Bonchev–Trinajstić information content (AvgIpc) is 3.05. The van der Waals surface area contributed by atoms with Crippen molar-refractivity contribution in [1.29, 1.82) is 0 Å². The molecule has 1 atom stereocenters. The lowest BCUT2D eigenvalue weighted by Crippen LogP contribution is -2.23. The highest BCUT2D eigenvalue weighted by atomic mass is 35.5. The molecule has 1 aromatic carbocycles. The van der Waals surface area contributed by atoms with E-state index in [4.69, 9.17) is 11.6 Å². The third-order valence-corrected chi connectivity index (χ3v) is 4.33. The molecule has 0 spiro atoms. The number of amides is 1. The Morgan fingerprint density at radius 1 is 1.25 bits per heavy atom. The van der Waals surface area contributed by atoms with Crippen LogP contribution in [0.2, 0.25) is 5.02 Å². The molecular formula is C15H13ClN6OS. The summed E-state index contributed by atoms with van der Waals surface area (Å²) >= 11 is 7.04. The highest BCUT2D eigenvalue weighted by Crippen LogP contribution is 2.23.